The largest absolute Gasteiger partial charge is 0.454 e. The molecule has 0 aliphatic carbocycles. The predicted molar refractivity (Wildman–Crippen MR) is 113 cm³/mol. The smallest absolute Gasteiger partial charge is 0.273 e. The third kappa shape index (κ3) is 3.70. The number of benzene rings is 2. The lowest BCUT2D eigenvalue weighted by atomic mass is 10.2. The van der Waals surface area contributed by atoms with Gasteiger partial charge in [0.1, 0.15) is 16.5 Å². The average molecular weight is 425 g/mol. The number of ether oxygens (including phenoxy) is 2. The third-order valence-electron chi connectivity index (χ3n) is 5.32. The minimum absolute atomic E-state index is 0.0563. The Hall–Kier alpha value is -3.13. The Morgan fingerprint density at radius 2 is 1.83 bits per heavy atom. The molecule has 0 unspecified atom stereocenters. The molecule has 0 radical (unpaired) electrons. The van der Waals surface area contributed by atoms with Crippen molar-refractivity contribution >= 4 is 22.9 Å². The summed E-state index contributed by atoms with van der Waals surface area (Å²) < 4.78 is 24.0. The van der Waals surface area contributed by atoms with Crippen LogP contribution in [0.1, 0.15) is 16.9 Å². The molecule has 2 aromatic carbocycles. The molecular weight excluding hydrogens is 405 g/mol. The molecule has 0 N–H and O–H groups in total. The zero-order valence-electron chi connectivity index (χ0n) is 16.2. The number of carbonyl (C=O) groups is 1. The van der Waals surface area contributed by atoms with Crippen LogP contribution in [-0.4, -0.2) is 48.8 Å². The van der Waals surface area contributed by atoms with Gasteiger partial charge in [0.05, 0.1) is 0 Å². The Morgan fingerprint density at radius 3 is 2.70 bits per heavy atom. The number of rotatable bonds is 3. The summed E-state index contributed by atoms with van der Waals surface area (Å²) in [6.07, 6.45) is 0.849. The maximum absolute atomic E-state index is 13.2. The molecule has 2 aliphatic heterocycles. The number of fused-ring (bicyclic) bond motifs is 1. The number of aromatic nitrogens is 1. The van der Waals surface area contributed by atoms with Gasteiger partial charge in [-0.25, -0.2) is 9.37 Å². The van der Waals surface area contributed by atoms with Crippen molar-refractivity contribution in [1.82, 2.24) is 9.88 Å². The molecule has 154 valence electrons. The quantitative estimate of drug-likeness (QED) is 0.634. The summed E-state index contributed by atoms with van der Waals surface area (Å²) in [5, 5.41) is 2.59. The van der Waals surface area contributed by atoms with Crippen LogP contribution < -0.4 is 14.4 Å². The van der Waals surface area contributed by atoms with Crippen molar-refractivity contribution < 1.29 is 18.7 Å². The fourth-order valence-corrected chi connectivity index (χ4v) is 4.52. The standard InChI is InChI=1S/C22H20FN3O3S/c23-16-3-5-17(6-4-16)25-8-1-9-26(11-10-25)22(27)18-13-30-21(24-18)15-2-7-19-20(12-15)29-14-28-19/h2-7,12-13H,1,8-11,14H2. The molecule has 2 aliphatic rings. The van der Waals surface area contributed by atoms with Gasteiger partial charge in [-0.15, -0.1) is 11.3 Å². The Morgan fingerprint density at radius 1 is 1.00 bits per heavy atom. The lowest BCUT2D eigenvalue weighted by Gasteiger charge is -2.23. The van der Waals surface area contributed by atoms with Crippen LogP contribution in [0.5, 0.6) is 11.5 Å². The van der Waals surface area contributed by atoms with E-state index in [1.54, 1.807) is 12.1 Å². The van der Waals surface area contributed by atoms with Crippen molar-refractivity contribution in [3.05, 3.63) is 59.4 Å². The second-order valence-electron chi connectivity index (χ2n) is 7.22. The number of hydrogen-bond acceptors (Lipinski definition) is 6. The maximum Gasteiger partial charge on any atom is 0.273 e. The number of nitrogens with zero attached hydrogens (tertiary/aromatic N) is 3. The molecule has 1 fully saturated rings. The third-order valence-corrected chi connectivity index (χ3v) is 6.21. The average Bonchev–Trinajstić information content (AvgIpc) is 3.38. The first-order valence-corrected chi connectivity index (χ1v) is 10.7. The first-order chi connectivity index (χ1) is 14.7. The summed E-state index contributed by atoms with van der Waals surface area (Å²) in [4.78, 5) is 21.6. The summed E-state index contributed by atoms with van der Waals surface area (Å²) >= 11 is 1.44. The molecule has 0 atom stereocenters. The lowest BCUT2D eigenvalue weighted by Crippen LogP contribution is -2.35. The highest BCUT2D eigenvalue weighted by atomic mass is 32.1. The van der Waals surface area contributed by atoms with Gasteiger partial charge in [-0.2, -0.15) is 0 Å². The molecule has 30 heavy (non-hydrogen) atoms. The Balaban J connectivity index is 1.28. The second-order valence-corrected chi connectivity index (χ2v) is 8.07. The molecule has 3 aromatic rings. The molecule has 8 heteroatoms. The van der Waals surface area contributed by atoms with Crippen molar-refractivity contribution in [1.29, 1.82) is 0 Å². The summed E-state index contributed by atoms with van der Waals surface area (Å²) in [5.74, 6) is 1.12. The molecule has 1 amide bonds. The number of amides is 1. The van der Waals surface area contributed by atoms with Crippen molar-refractivity contribution in [2.45, 2.75) is 6.42 Å². The van der Waals surface area contributed by atoms with E-state index in [1.807, 2.05) is 28.5 Å². The number of thiazole rings is 1. The van der Waals surface area contributed by atoms with Gasteiger partial charge in [-0.1, -0.05) is 0 Å². The van der Waals surface area contributed by atoms with Gasteiger partial charge < -0.3 is 19.3 Å². The first kappa shape index (κ1) is 18.9. The first-order valence-electron chi connectivity index (χ1n) is 9.83. The monoisotopic (exact) mass is 425 g/mol. The van der Waals surface area contributed by atoms with Gasteiger partial charge in [0.15, 0.2) is 11.5 Å². The molecule has 5 rings (SSSR count). The number of halogens is 1. The van der Waals surface area contributed by atoms with Gasteiger partial charge >= 0.3 is 0 Å². The van der Waals surface area contributed by atoms with Crippen molar-refractivity contribution in [3.63, 3.8) is 0 Å². The topological polar surface area (TPSA) is 54.9 Å². The van der Waals surface area contributed by atoms with Crippen LogP contribution in [0.25, 0.3) is 10.6 Å². The van der Waals surface area contributed by atoms with Gasteiger partial charge in [-0.3, -0.25) is 4.79 Å². The number of hydrogen-bond donors (Lipinski definition) is 0. The Bertz CT molecular complexity index is 1070. The predicted octanol–water partition coefficient (Wildman–Crippen LogP) is 4.03. The van der Waals surface area contributed by atoms with Gasteiger partial charge in [0, 0.05) is 42.8 Å². The molecule has 0 spiro atoms. The highest BCUT2D eigenvalue weighted by Crippen LogP contribution is 2.36. The van der Waals surface area contributed by atoms with Gasteiger partial charge in [0.2, 0.25) is 6.79 Å². The minimum atomic E-state index is -0.243. The van der Waals surface area contributed by atoms with Gasteiger partial charge in [0.25, 0.3) is 5.91 Å². The molecule has 3 heterocycles. The maximum atomic E-state index is 13.2. The SMILES string of the molecule is O=C(c1csc(-c2ccc3c(c2)OCO3)n1)N1CCCN(c2ccc(F)cc2)CC1. The Labute approximate surface area is 177 Å². The van der Waals surface area contributed by atoms with Crippen LogP contribution in [0.4, 0.5) is 10.1 Å². The van der Waals surface area contributed by atoms with Crippen LogP contribution in [0.2, 0.25) is 0 Å². The van der Waals surface area contributed by atoms with E-state index in [2.05, 4.69) is 9.88 Å². The van der Waals surface area contributed by atoms with E-state index >= 15 is 0 Å². The zero-order chi connectivity index (χ0) is 20.5. The van der Waals surface area contributed by atoms with E-state index in [-0.39, 0.29) is 18.5 Å². The van der Waals surface area contributed by atoms with Crippen molar-refractivity contribution in [3.8, 4) is 22.1 Å². The van der Waals surface area contributed by atoms with Crippen LogP contribution in [0.15, 0.2) is 47.8 Å². The minimum Gasteiger partial charge on any atom is -0.454 e. The van der Waals surface area contributed by atoms with E-state index in [4.69, 9.17) is 9.47 Å². The van der Waals surface area contributed by atoms with Crippen LogP contribution in [-0.2, 0) is 0 Å². The highest BCUT2D eigenvalue weighted by Gasteiger charge is 2.23. The van der Waals surface area contributed by atoms with E-state index < -0.39 is 0 Å². The molecule has 0 saturated carbocycles. The van der Waals surface area contributed by atoms with Crippen molar-refractivity contribution in [2.75, 3.05) is 37.9 Å². The van der Waals surface area contributed by atoms with Crippen LogP contribution in [0.3, 0.4) is 0 Å². The summed E-state index contributed by atoms with van der Waals surface area (Å²) in [7, 11) is 0. The second kappa shape index (κ2) is 7.95. The molecule has 0 bridgehead atoms. The van der Waals surface area contributed by atoms with E-state index in [0.29, 0.717) is 31.1 Å². The molecule has 6 nitrogen and oxygen atoms in total. The van der Waals surface area contributed by atoms with Crippen LogP contribution >= 0.6 is 11.3 Å². The number of carbonyl (C=O) groups excluding carboxylic acids is 1. The van der Waals surface area contributed by atoms with E-state index in [1.165, 1.54) is 23.5 Å². The molecular formula is C22H20FN3O3S. The zero-order valence-corrected chi connectivity index (χ0v) is 17.0. The summed E-state index contributed by atoms with van der Waals surface area (Å²) in [6.45, 7) is 3.04. The van der Waals surface area contributed by atoms with Gasteiger partial charge in [-0.05, 0) is 48.9 Å². The fourth-order valence-electron chi connectivity index (χ4n) is 3.73. The van der Waals surface area contributed by atoms with Crippen LogP contribution in [0, 0.1) is 5.82 Å². The van der Waals surface area contributed by atoms with E-state index in [9.17, 15) is 9.18 Å². The number of anilines is 1. The lowest BCUT2D eigenvalue weighted by molar-refractivity contribution is 0.0762. The Kier molecular flexibility index (Phi) is 5.00. The fraction of sp³-hybridized carbons (Fsp3) is 0.273. The summed E-state index contributed by atoms with van der Waals surface area (Å²) in [5.41, 5.74) is 2.34. The highest BCUT2D eigenvalue weighted by molar-refractivity contribution is 7.13. The molecule has 1 saturated heterocycles. The van der Waals surface area contributed by atoms with E-state index in [0.717, 1.165) is 35.0 Å². The van der Waals surface area contributed by atoms with Crippen molar-refractivity contribution in [2.24, 2.45) is 0 Å². The summed E-state index contributed by atoms with van der Waals surface area (Å²) in [6, 6.07) is 12.2. The molecule has 1 aromatic heterocycles. The normalized spacial score (nSPS) is 15.9.